The predicted molar refractivity (Wildman–Crippen MR) is 165 cm³/mol. The van der Waals surface area contributed by atoms with Gasteiger partial charge in [0.05, 0.1) is 43.7 Å². The smallest absolute Gasteiger partial charge is 0.168 e. The fourth-order valence-electron chi connectivity index (χ4n) is 6.78. The van der Waals surface area contributed by atoms with Gasteiger partial charge < -0.3 is 43.0 Å². The van der Waals surface area contributed by atoms with E-state index in [1.807, 2.05) is 65.0 Å². The van der Waals surface area contributed by atoms with Gasteiger partial charge in [-0.1, -0.05) is 68.3 Å². The first-order valence-corrected chi connectivity index (χ1v) is 15.9. The maximum absolute atomic E-state index is 10.5. The Morgan fingerprint density at radius 1 is 0.739 bits per heavy atom. The van der Waals surface area contributed by atoms with Crippen LogP contribution in [0.25, 0.3) is 20.9 Å². The number of hydrogen-bond acceptors (Lipinski definition) is 11. The van der Waals surface area contributed by atoms with E-state index in [-0.39, 0.29) is 43.2 Å². The van der Waals surface area contributed by atoms with Gasteiger partial charge in [-0.15, -0.1) is 0 Å². The summed E-state index contributed by atoms with van der Waals surface area (Å²) in [7, 11) is 3.09. The molecule has 1 aromatic carbocycles. The molecule has 0 radical (unpaired) electrons. The maximum atomic E-state index is 10.5. The highest BCUT2D eigenvalue weighted by Crippen LogP contribution is 2.40. The maximum Gasteiger partial charge on any atom is 0.168 e. The molecule has 15 heteroatoms. The lowest BCUT2D eigenvalue weighted by Crippen LogP contribution is -2.62. The molecule has 0 saturated carbocycles. The lowest BCUT2D eigenvalue weighted by molar-refractivity contribution is -0.350. The average molecular weight is 649 g/mol. The molecular weight excluding hydrogens is 600 g/mol. The molecule has 3 aliphatic rings. The van der Waals surface area contributed by atoms with Gasteiger partial charge in [0, 0.05) is 30.0 Å². The minimum atomic E-state index is -0.871. The van der Waals surface area contributed by atoms with E-state index in [0.717, 1.165) is 5.56 Å². The van der Waals surface area contributed by atoms with Crippen molar-refractivity contribution in [1.82, 2.24) is 0 Å². The molecule has 3 aliphatic heterocycles. The topological polar surface area (TPSA) is 192 Å². The van der Waals surface area contributed by atoms with Crippen LogP contribution in [0.1, 0.15) is 46.6 Å². The minimum absolute atomic E-state index is 0.180. The van der Waals surface area contributed by atoms with Gasteiger partial charge in [-0.2, -0.15) is 0 Å². The summed E-state index contributed by atoms with van der Waals surface area (Å²) < 4.78 is 49.5. The van der Waals surface area contributed by atoms with Gasteiger partial charge in [0.2, 0.25) is 0 Å². The molecule has 3 heterocycles. The SMILES string of the molecule is CCC1OC(OC)[C@@H](N=[N+]=[N-])[C@H](OCc2ccccc2)C1O[C@@H]1O[C@@H](CO)[C@@H](OC2OC(C)C(OC)[C@H](C)[C@@H]2N=[N+]=[N-])C(C)C1C. The van der Waals surface area contributed by atoms with Crippen LogP contribution in [-0.2, 0) is 44.5 Å². The number of hydrogen-bond donors (Lipinski definition) is 1. The molecule has 0 aromatic heterocycles. The summed E-state index contributed by atoms with van der Waals surface area (Å²) in [5.74, 6) is -0.605. The van der Waals surface area contributed by atoms with E-state index in [2.05, 4.69) is 20.1 Å². The van der Waals surface area contributed by atoms with Crippen molar-refractivity contribution in [3.05, 3.63) is 56.8 Å². The van der Waals surface area contributed by atoms with E-state index in [4.69, 9.17) is 37.9 Å². The van der Waals surface area contributed by atoms with Crippen molar-refractivity contribution in [2.45, 2.75) is 121 Å². The molecule has 8 unspecified atom stereocenters. The molecule has 0 amide bonds. The molecule has 1 aromatic rings. The van der Waals surface area contributed by atoms with Crippen LogP contribution < -0.4 is 0 Å². The average Bonchev–Trinajstić information content (AvgIpc) is 3.06. The van der Waals surface area contributed by atoms with Gasteiger partial charge in [-0.25, -0.2) is 0 Å². The van der Waals surface area contributed by atoms with Gasteiger partial charge in [0.25, 0.3) is 0 Å². The lowest BCUT2D eigenvalue weighted by atomic mass is 9.84. The van der Waals surface area contributed by atoms with Crippen molar-refractivity contribution < 1.29 is 43.0 Å². The van der Waals surface area contributed by atoms with Gasteiger partial charge in [-0.05, 0) is 41.8 Å². The van der Waals surface area contributed by atoms with Crippen molar-refractivity contribution in [1.29, 1.82) is 0 Å². The largest absolute Gasteiger partial charge is 0.394 e. The third kappa shape index (κ3) is 7.95. The molecular formula is C31H48N6O9. The zero-order valence-electron chi connectivity index (χ0n) is 27.6. The van der Waals surface area contributed by atoms with Gasteiger partial charge >= 0.3 is 0 Å². The molecule has 0 spiro atoms. The Labute approximate surface area is 270 Å². The fraction of sp³-hybridized carbons (Fsp3) is 0.806. The highest BCUT2D eigenvalue weighted by molar-refractivity contribution is 5.13. The van der Waals surface area contributed by atoms with Gasteiger partial charge in [-0.3, -0.25) is 0 Å². The molecule has 46 heavy (non-hydrogen) atoms. The van der Waals surface area contributed by atoms with E-state index in [0.29, 0.717) is 6.42 Å². The number of benzene rings is 1. The van der Waals surface area contributed by atoms with Crippen LogP contribution in [0.5, 0.6) is 0 Å². The monoisotopic (exact) mass is 648 g/mol. The first kappa shape index (κ1) is 36.3. The third-order valence-corrected chi connectivity index (χ3v) is 9.54. The molecule has 15 nitrogen and oxygen atoms in total. The highest BCUT2D eigenvalue weighted by Gasteiger charge is 2.52. The predicted octanol–water partition coefficient (Wildman–Crippen LogP) is 4.87. The summed E-state index contributed by atoms with van der Waals surface area (Å²) >= 11 is 0. The van der Waals surface area contributed by atoms with Crippen LogP contribution in [0.3, 0.4) is 0 Å². The second-order valence-electron chi connectivity index (χ2n) is 12.3. The molecule has 3 fully saturated rings. The van der Waals surface area contributed by atoms with E-state index in [9.17, 15) is 16.2 Å². The number of aliphatic hydroxyl groups is 1. The number of nitrogens with zero attached hydrogens (tertiary/aromatic N) is 6. The van der Waals surface area contributed by atoms with Crippen molar-refractivity contribution >= 4 is 0 Å². The van der Waals surface area contributed by atoms with Crippen LogP contribution in [0, 0.1) is 17.8 Å². The number of rotatable bonds is 13. The number of ether oxygens (including phenoxy) is 8. The van der Waals surface area contributed by atoms with Gasteiger partial charge in [0.15, 0.2) is 18.9 Å². The van der Waals surface area contributed by atoms with E-state index >= 15 is 0 Å². The van der Waals surface area contributed by atoms with Crippen molar-refractivity contribution in [3.63, 3.8) is 0 Å². The Hall–Kier alpha value is -2.52. The van der Waals surface area contributed by atoms with Crippen molar-refractivity contribution in [3.8, 4) is 0 Å². The minimum Gasteiger partial charge on any atom is -0.394 e. The Kier molecular flexibility index (Phi) is 13.5. The molecule has 256 valence electrons. The summed E-state index contributed by atoms with van der Waals surface area (Å²) in [4.78, 5) is 6.08. The molecule has 3 saturated heterocycles. The first-order valence-electron chi connectivity index (χ1n) is 15.9. The van der Waals surface area contributed by atoms with Crippen LogP contribution in [-0.4, -0.2) is 99.6 Å². The number of aliphatic hydroxyl groups excluding tert-OH is 1. The Morgan fingerprint density at radius 3 is 2.00 bits per heavy atom. The standard InChI is InChI=1S/C31H48N6O9/c1-8-21-27(28(24(35-37-33)30(40-7)43-21)41-15-20-12-10-9-11-13-20)46-29-17(3)16(2)26(22(14-38)44-29)45-31-23(34-36-32)18(4)25(39-6)19(5)42-31/h9-13,16-19,21-31,38H,8,14-15H2,1-7H3/t16?,17?,18-,19?,21?,22+,23+,24+,25?,26+,27?,28+,29+,30?,31?/m1/s1. The Balaban J connectivity index is 1.56. The fourth-order valence-corrected chi connectivity index (χ4v) is 6.78. The second kappa shape index (κ2) is 17.0. The quantitative estimate of drug-likeness (QED) is 0.177. The summed E-state index contributed by atoms with van der Waals surface area (Å²) in [5, 5.41) is 18.5. The summed E-state index contributed by atoms with van der Waals surface area (Å²) in [6, 6.07) is 8.17. The summed E-state index contributed by atoms with van der Waals surface area (Å²) in [6.45, 7) is 9.64. The second-order valence-corrected chi connectivity index (χ2v) is 12.3. The van der Waals surface area contributed by atoms with Crippen molar-refractivity contribution in [2.24, 2.45) is 28.0 Å². The lowest BCUT2D eigenvalue weighted by Gasteiger charge is -2.50. The van der Waals surface area contributed by atoms with Crippen LogP contribution >= 0.6 is 0 Å². The van der Waals surface area contributed by atoms with Crippen LogP contribution in [0.2, 0.25) is 0 Å². The number of methoxy groups -OCH3 is 2. The zero-order valence-corrected chi connectivity index (χ0v) is 27.6. The highest BCUT2D eigenvalue weighted by atomic mass is 16.7. The molecule has 1 N–H and O–H groups in total. The first-order chi connectivity index (χ1) is 22.2. The van der Waals surface area contributed by atoms with E-state index < -0.39 is 61.5 Å². The normalized spacial score (nSPS) is 41.3. The number of azide groups is 2. The molecule has 4 rings (SSSR count). The van der Waals surface area contributed by atoms with E-state index in [1.54, 1.807) is 7.11 Å². The van der Waals surface area contributed by atoms with Crippen molar-refractivity contribution in [2.75, 3.05) is 20.8 Å². The van der Waals surface area contributed by atoms with Gasteiger partial charge in [0.1, 0.15) is 24.4 Å². The van der Waals surface area contributed by atoms with Crippen LogP contribution in [0.4, 0.5) is 0 Å². The van der Waals surface area contributed by atoms with E-state index in [1.165, 1.54) is 7.11 Å². The Bertz CT molecular complexity index is 1190. The third-order valence-electron chi connectivity index (χ3n) is 9.54. The molecule has 15 atom stereocenters. The van der Waals surface area contributed by atoms with Crippen LogP contribution in [0.15, 0.2) is 40.6 Å². The summed E-state index contributed by atoms with van der Waals surface area (Å²) in [6.07, 6.45) is -5.84. The molecule has 0 aliphatic carbocycles. The zero-order chi connectivity index (χ0) is 33.4. The summed E-state index contributed by atoms with van der Waals surface area (Å²) in [5.41, 5.74) is 19.7. The molecule has 0 bridgehead atoms. The Morgan fingerprint density at radius 2 is 1.39 bits per heavy atom.